The number of hydrogen-bond acceptors (Lipinski definition) is 7. The summed E-state index contributed by atoms with van der Waals surface area (Å²) in [6.07, 6.45) is 17.5. The number of benzene rings is 5. The molecule has 0 fully saturated rings. The van der Waals surface area contributed by atoms with E-state index in [1.807, 2.05) is 109 Å². The van der Waals surface area contributed by atoms with Crippen molar-refractivity contribution in [2.45, 2.75) is 5.41 Å². The van der Waals surface area contributed by atoms with Gasteiger partial charge in [0, 0.05) is 58.2 Å². The molecule has 0 saturated heterocycles. The molecule has 7 heteroatoms. The van der Waals surface area contributed by atoms with E-state index in [4.69, 9.17) is 24.7 Å². The number of fused-ring (bicyclic) bond motifs is 1. The molecule has 1 aliphatic heterocycles. The molecule has 4 aromatic heterocycles. The minimum Gasteiger partial charge on any atom is -0.465 e. The third-order valence-electron chi connectivity index (χ3n) is 11.0. The van der Waals surface area contributed by atoms with Gasteiger partial charge in [-0.05, 0) is 70.8 Å². The van der Waals surface area contributed by atoms with Crippen LogP contribution in [0, 0.1) is 0 Å². The molecular formula is C55H38N6O. The van der Waals surface area contributed by atoms with E-state index in [0.29, 0.717) is 23.2 Å². The highest BCUT2D eigenvalue weighted by molar-refractivity contribution is 5.81. The Hall–Kier alpha value is -8.42. The first-order valence-electron chi connectivity index (χ1n) is 20.4. The first-order valence-corrected chi connectivity index (χ1v) is 20.4. The van der Waals surface area contributed by atoms with Crippen LogP contribution in [0.1, 0.15) is 22.3 Å². The van der Waals surface area contributed by atoms with E-state index < -0.39 is 5.41 Å². The van der Waals surface area contributed by atoms with Crippen molar-refractivity contribution in [3.05, 3.63) is 254 Å². The Bertz CT molecular complexity index is 2910. The van der Waals surface area contributed by atoms with Crippen molar-refractivity contribution in [2.75, 3.05) is 0 Å². The molecule has 0 bridgehead atoms. The number of ether oxygens (including phenoxy) is 1. The van der Waals surface area contributed by atoms with E-state index in [9.17, 15) is 0 Å². The fourth-order valence-corrected chi connectivity index (χ4v) is 7.95. The van der Waals surface area contributed by atoms with Crippen molar-refractivity contribution in [2.24, 2.45) is 0 Å². The number of aromatic nitrogens is 6. The number of rotatable bonds is 8. The Morgan fingerprint density at radius 1 is 0.403 bits per heavy atom. The number of nitrogens with zero attached hydrogens (tertiary/aromatic N) is 6. The molecule has 0 atom stereocenters. The van der Waals surface area contributed by atoms with Gasteiger partial charge in [0.1, 0.15) is 5.75 Å². The topological polar surface area (TPSA) is 86.6 Å². The van der Waals surface area contributed by atoms with Crippen LogP contribution in [0.4, 0.5) is 0 Å². The Morgan fingerprint density at radius 2 is 0.887 bits per heavy atom. The second kappa shape index (κ2) is 17.0. The molecule has 0 N–H and O–H groups in total. The van der Waals surface area contributed by atoms with E-state index in [1.165, 1.54) is 0 Å². The van der Waals surface area contributed by atoms with Gasteiger partial charge in [-0.1, -0.05) is 152 Å². The van der Waals surface area contributed by atoms with Crippen molar-refractivity contribution >= 4 is 5.57 Å². The summed E-state index contributed by atoms with van der Waals surface area (Å²) in [6.45, 7) is 0. The van der Waals surface area contributed by atoms with Crippen LogP contribution < -0.4 is 4.74 Å². The molecule has 9 aromatic rings. The highest BCUT2D eigenvalue weighted by Crippen LogP contribution is 2.46. The predicted molar refractivity (Wildman–Crippen MR) is 246 cm³/mol. The average Bonchev–Trinajstić information content (AvgIpc) is 3.36. The molecule has 7 nitrogen and oxygen atoms in total. The van der Waals surface area contributed by atoms with Crippen LogP contribution in [-0.2, 0) is 5.41 Å². The molecule has 294 valence electrons. The molecular weight excluding hydrogens is 761 g/mol. The number of allylic oxidation sites excluding steroid dienone is 5. The van der Waals surface area contributed by atoms with Gasteiger partial charge < -0.3 is 4.74 Å². The van der Waals surface area contributed by atoms with Gasteiger partial charge >= 0.3 is 0 Å². The van der Waals surface area contributed by atoms with Crippen molar-refractivity contribution < 1.29 is 4.74 Å². The van der Waals surface area contributed by atoms with Gasteiger partial charge in [0.15, 0.2) is 17.5 Å². The number of pyridine rings is 3. The first kappa shape index (κ1) is 37.8. The van der Waals surface area contributed by atoms with Gasteiger partial charge in [-0.2, -0.15) is 0 Å². The van der Waals surface area contributed by atoms with Gasteiger partial charge in [0.2, 0.25) is 0 Å². The maximum absolute atomic E-state index is 6.88. The van der Waals surface area contributed by atoms with Gasteiger partial charge in [0.05, 0.1) is 23.1 Å². The van der Waals surface area contributed by atoms with Crippen LogP contribution in [0.25, 0.3) is 62.3 Å². The zero-order chi connectivity index (χ0) is 41.6. The number of hydrogen-bond donors (Lipinski definition) is 0. The molecule has 10 rings (SSSR count). The largest absolute Gasteiger partial charge is 0.465 e. The van der Waals surface area contributed by atoms with Crippen molar-refractivity contribution in [1.29, 1.82) is 0 Å². The van der Waals surface area contributed by atoms with E-state index in [2.05, 4.69) is 101 Å². The van der Waals surface area contributed by atoms with E-state index in [1.54, 1.807) is 31.0 Å². The second-order valence-electron chi connectivity index (χ2n) is 14.8. The van der Waals surface area contributed by atoms with Crippen molar-refractivity contribution in [1.82, 2.24) is 29.9 Å². The summed E-state index contributed by atoms with van der Waals surface area (Å²) in [5, 5.41) is 0. The lowest BCUT2D eigenvalue weighted by Gasteiger charge is -2.34. The Morgan fingerprint density at radius 3 is 1.40 bits per heavy atom. The van der Waals surface area contributed by atoms with E-state index in [-0.39, 0.29) is 0 Å². The molecule has 0 saturated carbocycles. The standard InChI is InChI=1S/C55H38N6O/c1-5-14-42(15-6-1)52-59-53(43-16-7-2-8-17-43)61-54(60-52)44-23-24-48-51(38-44)62-35-29-39(18-13-30-55(48,46-19-9-3-10-20-46)47-21-11-4-12-22-47)45-36-49(40-25-31-56-32-26-40)58-50(37-45)41-27-33-57-34-28-41/h1-38H/b30-13+,35-29+,39-18+. The fourth-order valence-electron chi connectivity index (χ4n) is 7.95. The normalized spacial score (nSPS) is 14.9. The monoisotopic (exact) mass is 798 g/mol. The Kier molecular flexibility index (Phi) is 10.4. The zero-order valence-electron chi connectivity index (χ0n) is 33.5. The maximum atomic E-state index is 6.88. The van der Waals surface area contributed by atoms with Gasteiger partial charge in [-0.3, -0.25) is 9.97 Å². The summed E-state index contributed by atoms with van der Waals surface area (Å²) in [7, 11) is 0. The van der Waals surface area contributed by atoms with Crippen LogP contribution >= 0.6 is 0 Å². The Balaban J connectivity index is 1.17. The van der Waals surface area contributed by atoms with Crippen molar-refractivity contribution in [3.8, 4) is 62.4 Å². The zero-order valence-corrected chi connectivity index (χ0v) is 33.5. The lowest BCUT2D eigenvalue weighted by Crippen LogP contribution is -2.27. The molecule has 0 aliphatic carbocycles. The second-order valence-corrected chi connectivity index (χ2v) is 14.8. The molecule has 1 aliphatic rings. The summed E-state index contributed by atoms with van der Waals surface area (Å²) >= 11 is 0. The third kappa shape index (κ3) is 7.62. The van der Waals surface area contributed by atoms with Gasteiger partial charge in [-0.25, -0.2) is 19.9 Å². The molecule has 0 amide bonds. The first-order chi connectivity index (χ1) is 30.7. The lowest BCUT2D eigenvalue weighted by atomic mass is 9.68. The minimum absolute atomic E-state index is 0.537. The van der Waals surface area contributed by atoms with Crippen LogP contribution in [0.5, 0.6) is 5.75 Å². The van der Waals surface area contributed by atoms with E-state index >= 15 is 0 Å². The summed E-state index contributed by atoms with van der Waals surface area (Å²) in [6, 6.07) is 59.6. The molecule has 5 heterocycles. The molecule has 0 spiro atoms. The quantitative estimate of drug-likeness (QED) is 0.151. The summed E-state index contributed by atoms with van der Waals surface area (Å²) < 4.78 is 6.88. The fraction of sp³-hybridized carbons (Fsp3) is 0.0182. The molecule has 0 unspecified atom stereocenters. The maximum Gasteiger partial charge on any atom is 0.164 e. The third-order valence-corrected chi connectivity index (χ3v) is 11.0. The predicted octanol–water partition coefficient (Wildman–Crippen LogP) is 12.3. The summed E-state index contributed by atoms with van der Waals surface area (Å²) in [4.78, 5) is 28.7. The smallest absolute Gasteiger partial charge is 0.164 e. The SMILES string of the molecule is C1=C\C(c2ccccc2)(c2ccccc2)c2ccc(-c3nc(-c4ccccc4)nc(-c4ccccc4)n3)cc2O/C=C/C(c2cc(-c3ccncc3)nc(-c3ccncc3)c2)=C\1. The summed E-state index contributed by atoms with van der Waals surface area (Å²) in [5.74, 6) is 2.37. The van der Waals surface area contributed by atoms with Crippen LogP contribution in [0.2, 0.25) is 0 Å². The molecule has 0 radical (unpaired) electrons. The van der Waals surface area contributed by atoms with Crippen LogP contribution in [-0.4, -0.2) is 29.9 Å². The van der Waals surface area contributed by atoms with Crippen molar-refractivity contribution in [3.63, 3.8) is 0 Å². The van der Waals surface area contributed by atoms with Crippen LogP contribution in [0.3, 0.4) is 0 Å². The Labute approximate surface area is 360 Å². The average molecular weight is 799 g/mol. The van der Waals surface area contributed by atoms with Crippen LogP contribution in [0.15, 0.2) is 231 Å². The lowest BCUT2D eigenvalue weighted by molar-refractivity contribution is 0.469. The highest BCUT2D eigenvalue weighted by atomic mass is 16.5. The van der Waals surface area contributed by atoms with Gasteiger partial charge in [0.25, 0.3) is 0 Å². The molecule has 5 aromatic carbocycles. The minimum atomic E-state index is -0.769. The summed E-state index contributed by atoms with van der Waals surface area (Å²) in [5.41, 5.74) is 10.4. The highest BCUT2D eigenvalue weighted by Gasteiger charge is 2.37. The molecule has 62 heavy (non-hydrogen) atoms. The van der Waals surface area contributed by atoms with E-state index in [0.717, 1.165) is 67.0 Å². The van der Waals surface area contributed by atoms with Gasteiger partial charge in [-0.15, -0.1) is 0 Å².